The van der Waals surface area contributed by atoms with Gasteiger partial charge in [-0.3, -0.25) is 49.4 Å². The molecule has 3 amide bonds. The van der Waals surface area contributed by atoms with Crippen LogP contribution in [0.5, 0.6) is 11.5 Å². The standard InChI is InChI=1S/C68H83N11O21S2/c1-8-68(94)26-34(51-39(54(68)66(93)95-7)24-40-53(57(51)85)58(86)52-38(56(40)84)10-9-11-45(52)80)22-37-23-44(79(5)6)59(31(3)96-37)100-50-25-46(81)60(32(4)98-50)99-49-19-17-41(30(2)97-49)77-78-48(83)20-21-101-102-29-43(65(91)92)73-47(82)18-16-42(64(89)90)74-62(87)33-12-14-35(15-13-33)70-27-36-28-71-61-55(72-36)63(88)76-67(69)75-61/h9-15,24,28,31-32,34,37,42-44,46,49-50,54,59-60,70,77,80-81,85,94H,8,16-23,25-27,29H2,1-7H3,(H,73,82)(H,74,87)(H,78,83)(H,89,90)(H,91,92)(H3,69,71,75,76,88)/t31?,32?,34-,37-,42-,43?,44+,46+,49-,50-,54-,59+,60+,68+/m0/s1. The second-order valence-corrected chi connectivity index (χ2v) is 28.6. The van der Waals surface area contributed by atoms with Gasteiger partial charge in [0, 0.05) is 71.2 Å². The number of aliphatic carboxylic acids is 2. The molecule has 0 radical (unpaired) electrons. The number of phenolic OH excluding ortho intramolecular Hbond substituents is 2. The number of hydrogen-bond acceptors (Lipinski definition) is 28. The highest BCUT2D eigenvalue weighted by atomic mass is 33.1. The molecule has 5 heterocycles. The van der Waals surface area contributed by atoms with E-state index in [4.69, 9.17) is 34.2 Å². The number of phenols is 2. The summed E-state index contributed by atoms with van der Waals surface area (Å²) < 4.78 is 37.3. The van der Waals surface area contributed by atoms with Crippen LogP contribution in [0.1, 0.15) is 163 Å². The van der Waals surface area contributed by atoms with Crippen molar-refractivity contribution in [1.29, 1.82) is 0 Å². The number of nitrogens with two attached hydrogens (primary N) is 1. The molecule has 5 aliphatic rings. The lowest BCUT2D eigenvalue weighted by Gasteiger charge is -2.48. The Labute approximate surface area is 592 Å². The molecule has 2 aromatic heterocycles. The minimum Gasteiger partial charge on any atom is -0.507 e. The van der Waals surface area contributed by atoms with Crippen LogP contribution in [-0.2, 0) is 58.9 Å². The summed E-state index contributed by atoms with van der Waals surface area (Å²) in [6.45, 7) is 7.19. The minimum atomic E-state index is -1.69. The van der Waals surface area contributed by atoms with Crippen LogP contribution >= 0.6 is 21.6 Å². The molecule has 0 spiro atoms. The van der Waals surface area contributed by atoms with Crippen LogP contribution in [0.3, 0.4) is 0 Å². The van der Waals surface area contributed by atoms with Crippen LogP contribution in [0.4, 0.5) is 11.6 Å². The number of carboxylic acids is 2. The second kappa shape index (κ2) is 32.5. The number of aliphatic hydroxyl groups excluding tert-OH is 1. The number of benzene rings is 3. The number of rotatable bonds is 28. The summed E-state index contributed by atoms with van der Waals surface area (Å²) in [5, 5.41) is 74.4. The molecule has 3 aliphatic heterocycles. The highest BCUT2D eigenvalue weighted by Crippen LogP contribution is 2.55. The number of nitrogens with one attached hydrogen (secondary N) is 6. The van der Waals surface area contributed by atoms with Crippen molar-refractivity contribution in [2.75, 3.05) is 43.8 Å². The fourth-order valence-corrected chi connectivity index (χ4v) is 15.8. The normalized spacial score (nSPS) is 25.2. The number of aromatic amines is 1. The number of carbonyl (C=O) groups excluding carboxylic acids is 6. The number of ketones is 2. The van der Waals surface area contributed by atoms with E-state index in [0.29, 0.717) is 42.1 Å². The number of nitrogens with zero attached hydrogens (tertiary/aromatic N) is 4. The number of methoxy groups -OCH3 is 1. The molecule has 548 valence electrons. The number of esters is 1. The summed E-state index contributed by atoms with van der Waals surface area (Å²) in [6.07, 6.45) is -3.74. The third-order valence-corrected chi connectivity index (χ3v) is 21.4. The first kappa shape index (κ1) is 75.7. The van der Waals surface area contributed by atoms with Gasteiger partial charge < -0.3 is 85.6 Å². The van der Waals surface area contributed by atoms with Crippen molar-refractivity contribution < 1.29 is 97.4 Å². The average Bonchev–Trinajstić information content (AvgIpc) is 0.711. The Balaban J connectivity index is 0.636. The number of carbonyl (C=O) groups is 8. The average molecular weight is 1450 g/mol. The van der Waals surface area contributed by atoms with Crippen molar-refractivity contribution in [1.82, 2.24) is 46.3 Å². The first-order chi connectivity index (χ1) is 48.6. The summed E-state index contributed by atoms with van der Waals surface area (Å²) in [6, 6.07) is 8.41. The second-order valence-electron chi connectivity index (χ2n) is 26.0. The molecule has 3 aromatic carbocycles. The number of nitrogen functional groups attached to an aromatic ring is 1. The van der Waals surface area contributed by atoms with E-state index in [0.717, 1.165) is 10.8 Å². The Morgan fingerprint density at radius 3 is 2.28 bits per heavy atom. The van der Waals surface area contributed by atoms with E-state index in [1.165, 1.54) is 60.5 Å². The SMILES string of the molecule is CC[C@@]1(O)C[C@H](C[C@H]2C[C@@H](N(C)C)[C@H](O[C@H]3C[C@@H](O)[C@H](O[C@H]4CCC(NNC(=O)CCSSCC(NC(=O)CC[C@H](NC(=O)c5ccc(NCc6cnc7nc(N)[nH]c(=O)c7n6)cc5)C(=O)O)C(=O)O)=C(C)O4)C(C)O3)C(C)O2)c2c(cc3c(c2O)C(=O)c2c(O)cccc2C3=O)[C@H]1C(=O)OC. The topological polar surface area (TPSA) is 474 Å². The summed E-state index contributed by atoms with van der Waals surface area (Å²) in [5.74, 6) is -9.24. The largest absolute Gasteiger partial charge is 0.507 e. The fraction of sp³-hybridized carbons (Fsp3) is 0.500. The number of fused-ring (bicyclic) bond motifs is 4. The molecule has 2 saturated heterocycles. The fourth-order valence-electron chi connectivity index (χ4n) is 13.7. The van der Waals surface area contributed by atoms with Crippen molar-refractivity contribution in [2.24, 2.45) is 0 Å². The lowest BCUT2D eigenvalue weighted by atomic mass is 9.63. The van der Waals surface area contributed by atoms with Gasteiger partial charge in [-0.2, -0.15) is 4.98 Å². The molecule has 34 heteroatoms. The number of aliphatic hydroxyl groups is 2. The zero-order chi connectivity index (χ0) is 73.6. The Kier molecular flexibility index (Phi) is 24.1. The van der Waals surface area contributed by atoms with Gasteiger partial charge in [0.2, 0.25) is 23.5 Å². The third kappa shape index (κ3) is 17.0. The molecule has 0 bridgehead atoms. The summed E-state index contributed by atoms with van der Waals surface area (Å²) in [5.41, 5.74) is 10.2. The highest BCUT2D eigenvalue weighted by Gasteiger charge is 2.53. The highest BCUT2D eigenvalue weighted by molar-refractivity contribution is 8.76. The van der Waals surface area contributed by atoms with Gasteiger partial charge in [-0.25, -0.2) is 19.6 Å². The maximum Gasteiger partial charge on any atom is 0.327 e. The predicted octanol–water partition coefficient (Wildman–Crippen LogP) is 3.74. The molecule has 0 saturated carbocycles. The number of hydrazine groups is 1. The zero-order valence-corrected chi connectivity index (χ0v) is 58.5. The molecule has 2 fully saturated rings. The van der Waals surface area contributed by atoms with Crippen LogP contribution in [0.2, 0.25) is 0 Å². The monoisotopic (exact) mass is 1450 g/mol. The van der Waals surface area contributed by atoms with Crippen molar-refractivity contribution in [3.63, 3.8) is 0 Å². The van der Waals surface area contributed by atoms with Crippen LogP contribution in [-0.4, -0.2) is 208 Å². The lowest BCUT2D eigenvalue weighted by molar-refractivity contribution is -0.307. The maximum atomic E-state index is 14.1. The maximum absolute atomic E-state index is 14.1. The van der Waals surface area contributed by atoms with Crippen LogP contribution in [0, 0.1) is 0 Å². The van der Waals surface area contributed by atoms with Crippen molar-refractivity contribution in [3.05, 3.63) is 121 Å². The van der Waals surface area contributed by atoms with Crippen LogP contribution in [0.25, 0.3) is 11.2 Å². The Morgan fingerprint density at radius 1 is 0.873 bits per heavy atom. The zero-order valence-electron chi connectivity index (χ0n) is 56.9. The van der Waals surface area contributed by atoms with E-state index in [9.17, 15) is 73.8 Å². The minimum absolute atomic E-state index is 0.00743. The van der Waals surface area contributed by atoms with E-state index in [1.54, 1.807) is 32.9 Å². The summed E-state index contributed by atoms with van der Waals surface area (Å²) in [7, 11) is 7.28. The number of ether oxygens (including phenoxy) is 6. The summed E-state index contributed by atoms with van der Waals surface area (Å²) >= 11 is 0. The van der Waals surface area contributed by atoms with Gasteiger partial charge >= 0.3 is 17.9 Å². The number of aromatic nitrogens is 4. The number of carboxylic acid groups (broad SMARTS) is 2. The molecule has 10 rings (SSSR count). The van der Waals surface area contributed by atoms with Gasteiger partial charge in [-0.1, -0.05) is 40.6 Å². The van der Waals surface area contributed by atoms with E-state index >= 15 is 0 Å². The first-order valence-corrected chi connectivity index (χ1v) is 35.7. The van der Waals surface area contributed by atoms with Crippen molar-refractivity contribution in [3.8, 4) is 11.5 Å². The van der Waals surface area contributed by atoms with Gasteiger partial charge in [0.1, 0.15) is 47.5 Å². The molecule has 3 unspecified atom stereocenters. The van der Waals surface area contributed by atoms with Gasteiger partial charge in [0.05, 0.1) is 72.4 Å². The van der Waals surface area contributed by atoms with Gasteiger partial charge in [-0.05, 0) is 121 Å². The molecule has 14 atom stereocenters. The first-order valence-electron chi connectivity index (χ1n) is 33.2. The number of hydrogen-bond donors (Lipinski definition) is 13. The molecular formula is C68H83N11O21S2. The Bertz CT molecular complexity index is 4110. The van der Waals surface area contributed by atoms with Crippen LogP contribution in [0.15, 0.2) is 71.0 Å². The van der Waals surface area contributed by atoms with Gasteiger partial charge in [0.15, 0.2) is 29.5 Å². The van der Waals surface area contributed by atoms with E-state index < -0.39 is 143 Å². The number of allylic oxidation sites excluding steroid dienone is 2. The number of aromatic hydroxyl groups is 2. The quantitative estimate of drug-likeness (QED) is 0.0144. The predicted molar refractivity (Wildman–Crippen MR) is 368 cm³/mol. The smallest absolute Gasteiger partial charge is 0.327 e. The van der Waals surface area contributed by atoms with E-state index in [2.05, 4.69) is 46.7 Å². The third-order valence-electron chi connectivity index (χ3n) is 18.9. The van der Waals surface area contributed by atoms with Gasteiger partial charge in [0.25, 0.3) is 11.5 Å². The molecule has 32 nitrogen and oxygen atoms in total. The molecule has 5 aromatic rings. The molecule has 2 aliphatic carbocycles. The van der Waals surface area contributed by atoms with E-state index in [1.807, 2.05) is 25.9 Å². The Morgan fingerprint density at radius 2 is 1.60 bits per heavy atom. The van der Waals surface area contributed by atoms with Crippen molar-refractivity contribution >= 4 is 91.6 Å². The lowest BCUT2D eigenvalue weighted by Crippen LogP contribution is -2.57. The van der Waals surface area contributed by atoms with Crippen LogP contribution < -0.4 is 38.1 Å². The van der Waals surface area contributed by atoms with Crippen molar-refractivity contribution in [2.45, 2.75) is 183 Å². The molecular weight excluding hydrogens is 1370 g/mol. The molecule has 14 N–H and O–H groups in total. The number of anilines is 2. The molecule has 102 heavy (non-hydrogen) atoms. The Hall–Kier alpha value is -9.00. The van der Waals surface area contributed by atoms with E-state index in [-0.39, 0.29) is 125 Å². The number of amides is 3. The number of likely N-dealkylation sites (N-methyl/N-ethyl adjacent to an activating group) is 1. The van der Waals surface area contributed by atoms with Gasteiger partial charge in [-0.15, -0.1) is 0 Å². The summed E-state index contributed by atoms with van der Waals surface area (Å²) in [4.78, 5) is 134. The number of H-pyrrole nitrogens is 1.